The van der Waals surface area contributed by atoms with Gasteiger partial charge >= 0.3 is 0 Å². The molecule has 3 rings (SSSR count). The Bertz CT molecular complexity index is 572. The number of carbonyl (C=O) groups excluding carboxylic acids is 2. The number of halogens is 2. The van der Waals surface area contributed by atoms with Crippen molar-refractivity contribution in [1.29, 1.82) is 0 Å². The van der Waals surface area contributed by atoms with Crippen LogP contribution in [0.4, 0.5) is 14.5 Å². The quantitative estimate of drug-likeness (QED) is 0.894. The van der Waals surface area contributed by atoms with Gasteiger partial charge in [0.25, 0.3) is 0 Å². The molecule has 1 aromatic carbocycles. The average molecular weight is 280 g/mol. The van der Waals surface area contributed by atoms with E-state index in [4.69, 9.17) is 0 Å². The van der Waals surface area contributed by atoms with Crippen molar-refractivity contribution in [3.63, 3.8) is 0 Å². The molecule has 6 heteroatoms. The van der Waals surface area contributed by atoms with Gasteiger partial charge in [0.2, 0.25) is 11.8 Å². The first-order valence-electron chi connectivity index (χ1n) is 6.62. The summed E-state index contributed by atoms with van der Waals surface area (Å²) < 4.78 is 26.3. The zero-order chi connectivity index (χ0) is 14.3. The van der Waals surface area contributed by atoms with Gasteiger partial charge in [-0.3, -0.25) is 9.59 Å². The van der Waals surface area contributed by atoms with Gasteiger partial charge in [0.15, 0.2) is 11.6 Å². The number of hydrogen-bond acceptors (Lipinski definition) is 2. The largest absolute Gasteiger partial charge is 0.344 e. The van der Waals surface area contributed by atoms with Crippen molar-refractivity contribution >= 4 is 17.5 Å². The number of benzene rings is 1. The van der Waals surface area contributed by atoms with Gasteiger partial charge in [-0.15, -0.1) is 0 Å². The van der Waals surface area contributed by atoms with E-state index in [9.17, 15) is 18.4 Å². The number of nitrogens with one attached hydrogen (secondary N) is 1. The van der Waals surface area contributed by atoms with Crippen molar-refractivity contribution in [2.45, 2.75) is 25.3 Å². The number of hydrogen-bond donors (Lipinski definition) is 1. The summed E-state index contributed by atoms with van der Waals surface area (Å²) >= 11 is 0. The first kappa shape index (κ1) is 13.0. The molecule has 1 aliphatic heterocycles. The van der Waals surface area contributed by atoms with E-state index in [2.05, 4.69) is 5.32 Å². The molecule has 20 heavy (non-hydrogen) atoms. The maximum atomic E-state index is 13.3. The van der Waals surface area contributed by atoms with E-state index in [-0.39, 0.29) is 36.4 Å². The SMILES string of the molecule is O=C1CCN(c2ccc(F)c(F)c2)C(=O)C(C2CC2)N1. The summed E-state index contributed by atoms with van der Waals surface area (Å²) in [6, 6.07) is 2.80. The second-order valence-electron chi connectivity index (χ2n) is 5.22. The summed E-state index contributed by atoms with van der Waals surface area (Å²) in [4.78, 5) is 25.5. The predicted octanol–water partition coefficient (Wildman–Crippen LogP) is 1.60. The average Bonchev–Trinajstić information content (AvgIpc) is 3.23. The standard InChI is InChI=1S/C14H14F2N2O2/c15-10-4-3-9(7-11(10)16)18-6-5-12(19)17-13(14(18)20)8-1-2-8/h3-4,7-8,13H,1-2,5-6H2,(H,17,19). The third kappa shape index (κ3) is 2.37. The fourth-order valence-electron chi connectivity index (χ4n) is 2.46. The molecule has 2 amide bonds. The second kappa shape index (κ2) is 4.85. The number of carbonyl (C=O) groups is 2. The van der Waals surface area contributed by atoms with Gasteiger partial charge in [0.05, 0.1) is 0 Å². The molecule has 4 nitrogen and oxygen atoms in total. The molecule has 1 aromatic rings. The Morgan fingerprint density at radius 2 is 1.90 bits per heavy atom. The molecule has 1 atom stereocenters. The Labute approximate surface area is 114 Å². The Kier molecular flexibility index (Phi) is 3.16. The smallest absolute Gasteiger partial charge is 0.249 e. The lowest BCUT2D eigenvalue weighted by atomic mass is 10.1. The van der Waals surface area contributed by atoms with Crippen molar-refractivity contribution in [1.82, 2.24) is 5.32 Å². The molecular weight excluding hydrogens is 266 g/mol. The molecule has 0 spiro atoms. The topological polar surface area (TPSA) is 49.4 Å². The van der Waals surface area contributed by atoms with Crippen LogP contribution in [0.2, 0.25) is 0 Å². The van der Waals surface area contributed by atoms with E-state index in [1.165, 1.54) is 11.0 Å². The molecule has 0 radical (unpaired) electrons. The molecule has 1 unspecified atom stereocenters. The minimum atomic E-state index is -0.998. The Hall–Kier alpha value is -1.98. The monoisotopic (exact) mass is 280 g/mol. The van der Waals surface area contributed by atoms with Gasteiger partial charge in [-0.2, -0.15) is 0 Å². The van der Waals surface area contributed by atoms with E-state index < -0.39 is 17.7 Å². The highest BCUT2D eigenvalue weighted by Gasteiger charge is 2.41. The molecule has 0 bridgehead atoms. The van der Waals surface area contributed by atoms with Crippen molar-refractivity contribution in [3.05, 3.63) is 29.8 Å². The summed E-state index contributed by atoms with van der Waals surface area (Å²) in [5, 5.41) is 2.72. The third-order valence-corrected chi connectivity index (χ3v) is 3.72. The molecule has 0 aromatic heterocycles. The van der Waals surface area contributed by atoms with E-state index in [1.54, 1.807) is 0 Å². The molecule has 2 fully saturated rings. The Morgan fingerprint density at radius 3 is 2.55 bits per heavy atom. The van der Waals surface area contributed by atoms with Crippen LogP contribution in [0.1, 0.15) is 19.3 Å². The van der Waals surface area contributed by atoms with Crippen LogP contribution in [-0.4, -0.2) is 24.4 Å². The van der Waals surface area contributed by atoms with Gasteiger partial charge in [0.1, 0.15) is 6.04 Å². The van der Waals surface area contributed by atoms with Gasteiger partial charge in [0, 0.05) is 24.7 Å². The fourth-order valence-corrected chi connectivity index (χ4v) is 2.46. The Balaban J connectivity index is 1.91. The van der Waals surface area contributed by atoms with Crippen LogP contribution in [0.15, 0.2) is 18.2 Å². The van der Waals surface area contributed by atoms with Gasteiger partial charge in [-0.1, -0.05) is 0 Å². The van der Waals surface area contributed by atoms with Gasteiger partial charge in [-0.25, -0.2) is 8.78 Å². The molecule has 1 saturated carbocycles. The van der Waals surface area contributed by atoms with E-state index >= 15 is 0 Å². The van der Waals surface area contributed by atoms with Crippen LogP contribution < -0.4 is 10.2 Å². The molecule has 1 N–H and O–H groups in total. The maximum absolute atomic E-state index is 13.3. The van der Waals surface area contributed by atoms with Crippen LogP contribution in [0.5, 0.6) is 0 Å². The third-order valence-electron chi connectivity index (χ3n) is 3.72. The minimum absolute atomic E-state index is 0.161. The summed E-state index contributed by atoms with van der Waals surface area (Å²) in [6.45, 7) is 0.180. The highest BCUT2D eigenvalue weighted by atomic mass is 19.2. The van der Waals surface area contributed by atoms with E-state index in [1.807, 2.05) is 0 Å². The van der Waals surface area contributed by atoms with Crippen LogP contribution in [-0.2, 0) is 9.59 Å². The summed E-state index contributed by atoms with van der Waals surface area (Å²) in [5.41, 5.74) is 0.288. The first-order chi connectivity index (χ1) is 9.56. The van der Waals surface area contributed by atoms with Crippen molar-refractivity contribution < 1.29 is 18.4 Å². The van der Waals surface area contributed by atoms with Crippen molar-refractivity contribution in [2.75, 3.05) is 11.4 Å². The zero-order valence-electron chi connectivity index (χ0n) is 10.7. The summed E-state index contributed by atoms with van der Waals surface area (Å²) in [7, 11) is 0. The van der Waals surface area contributed by atoms with Crippen LogP contribution in [0.3, 0.4) is 0 Å². The normalized spacial score (nSPS) is 23.5. The van der Waals surface area contributed by atoms with Crippen LogP contribution >= 0.6 is 0 Å². The lowest BCUT2D eigenvalue weighted by molar-refractivity contribution is -0.126. The number of rotatable bonds is 2. The van der Waals surface area contributed by atoms with Crippen molar-refractivity contribution in [3.8, 4) is 0 Å². The maximum Gasteiger partial charge on any atom is 0.249 e. The zero-order valence-corrected chi connectivity index (χ0v) is 10.7. The molecule has 1 aliphatic carbocycles. The highest BCUT2D eigenvalue weighted by Crippen LogP contribution is 2.35. The summed E-state index contributed by atoms with van der Waals surface area (Å²) in [5.74, 6) is -2.21. The fraction of sp³-hybridized carbons (Fsp3) is 0.429. The second-order valence-corrected chi connectivity index (χ2v) is 5.22. The summed E-state index contributed by atoms with van der Waals surface area (Å²) in [6.07, 6.45) is 1.97. The lowest BCUT2D eigenvalue weighted by Crippen LogP contribution is -2.46. The van der Waals surface area contributed by atoms with E-state index in [0.717, 1.165) is 25.0 Å². The molecule has 1 saturated heterocycles. The van der Waals surface area contributed by atoms with Gasteiger partial charge in [-0.05, 0) is 30.9 Å². The van der Waals surface area contributed by atoms with Crippen LogP contribution in [0.25, 0.3) is 0 Å². The number of anilines is 1. The van der Waals surface area contributed by atoms with Crippen molar-refractivity contribution in [2.24, 2.45) is 5.92 Å². The number of amides is 2. The van der Waals surface area contributed by atoms with Crippen LogP contribution in [0, 0.1) is 17.6 Å². The predicted molar refractivity (Wildman–Crippen MR) is 68.0 cm³/mol. The Morgan fingerprint density at radius 1 is 1.15 bits per heavy atom. The molecule has 106 valence electrons. The molecule has 1 heterocycles. The lowest BCUT2D eigenvalue weighted by Gasteiger charge is -2.24. The molecular formula is C14H14F2N2O2. The first-order valence-corrected chi connectivity index (χ1v) is 6.62. The van der Waals surface area contributed by atoms with Gasteiger partial charge < -0.3 is 10.2 Å². The highest BCUT2D eigenvalue weighted by molar-refractivity contribution is 6.01. The van der Waals surface area contributed by atoms with E-state index in [0.29, 0.717) is 0 Å². The number of nitrogens with zero attached hydrogens (tertiary/aromatic N) is 1. The molecule has 2 aliphatic rings. The minimum Gasteiger partial charge on any atom is -0.344 e.